The van der Waals surface area contributed by atoms with Gasteiger partial charge in [-0.2, -0.15) is 0 Å². The number of halogens is 1. The van der Waals surface area contributed by atoms with Crippen molar-refractivity contribution in [2.24, 2.45) is 0 Å². The zero-order chi connectivity index (χ0) is 14.7. The first-order chi connectivity index (χ1) is 10.2. The molecule has 2 fully saturated rings. The Balaban J connectivity index is 1.54. The smallest absolute Gasteiger partial charge is 0.238 e. The van der Waals surface area contributed by atoms with E-state index in [0.717, 1.165) is 18.8 Å². The van der Waals surface area contributed by atoms with Crippen LogP contribution >= 0.6 is 11.6 Å². The maximum atomic E-state index is 12.2. The van der Waals surface area contributed by atoms with Gasteiger partial charge < -0.3 is 10.6 Å². The fourth-order valence-electron chi connectivity index (χ4n) is 3.46. The molecule has 21 heavy (non-hydrogen) atoms. The molecule has 2 saturated heterocycles. The molecule has 2 aliphatic rings. The first-order valence-electron chi connectivity index (χ1n) is 7.75. The molecule has 2 heterocycles. The van der Waals surface area contributed by atoms with Gasteiger partial charge in [0.25, 0.3) is 0 Å². The number of nitrogens with one attached hydrogen (secondary N) is 2. The number of hydrogen-bond acceptors (Lipinski definition) is 3. The van der Waals surface area contributed by atoms with Crippen LogP contribution in [0.15, 0.2) is 24.3 Å². The number of benzene rings is 1. The van der Waals surface area contributed by atoms with Crippen molar-refractivity contribution in [3.8, 4) is 0 Å². The quantitative estimate of drug-likeness (QED) is 0.898. The van der Waals surface area contributed by atoms with Gasteiger partial charge >= 0.3 is 0 Å². The van der Waals surface area contributed by atoms with E-state index in [1.165, 1.54) is 25.7 Å². The number of likely N-dealkylation sites (tertiary alicyclic amines) is 1. The van der Waals surface area contributed by atoms with Gasteiger partial charge in [0.1, 0.15) is 0 Å². The second-order valence-electron chi connectivity index (χ2n) is 5.94. The summed E-state index contributed by atoms with van der Waals surface area (Å²) >= 11 is 5.85. The number of carbonyl (C=O) groups is 1. The average molecular weight is 308 g/mol. The molecule has 1 amide bonds. The molecule has 3 rings (SSSR count). The Morgan fingerprint density at radius 3 is 2.81 bits per heavy atom. The Kier molecular flexibility index (Phi) is 4.78. The monoisotopic (exact) mass is 307 g/mol. The highest BCUT2D eigenvalue weighted by molar-refractivity contribution is 6.30. The third-order valence-corrected chi connectivity index (χ3v) is 4.70. The van der Waals surface area contributed by atoms with E-state index in [1.54, 1.807) is 12.1 Å². The lowest BCUT2D eigenvalue weighted by molar-refractivity contribution is -0.117. The van der Waals surface area contributed by atoms with Crippen LogP contribution in [0.2, 0.25) is 5.02 Å². The first-order valence-corrected chi connectivity index (χ1v) is 8.13. The third-order valence-electron chi connectivity index (χ3n) is 4.45. The number of anilines is 1. The Labute approximate surface area is 130 Å². The van der Waals surface area contributed by atoms with E-state index in [-0.39, 0.29) is 5.91 Å². The van der Waals surface area contributed by atoms with E-state index < -0.39 is 0 Å². The second-order valence-corrected chi connectivity index (χ2v) is 6.37. The summed E-state index contributed by atoms with van der Waals surface area (Å²) in [5.41, 5.74) is 0.805. The zero-order valence-corrected chi connectivity index (χ0v) is 12.9. The van der Waals surface area contributed by atoms with Gasteiger partial charge in [-0.25, -0.2) is 0 Å². The van der Waals surface area contributed by atoms with Crippen molar-refractivity contribution in [1.82, 2.24) is 10.2 Å². The van der Waals surface area contributed by atoms with Crippen molar-refractivity contribution in [1.29, 1.82) is 0 Å². The lowest BCUT2D eigenvalue weighted by Crippen LogP contribution is -2.46. The van der Waals surface area contributed by atoms with E-state index in [0.29, 0.717) is 23.7 Å². The van der Waals surface area contributed by atoms with E-state index in [9.17, 15) is 4.79 Å². The minimum atomic E-state index is 0.0576. The van der Waals surface area contributed by atoms with Crippen molar-refractivity contribution in [2.75, 3.05) is 25.0 Å². The van der Waals surface area contributed by atoms with Crippen molar-refractivity contribution in [3.05, 3.63) is 29.3 Å². The molecular weight excluding hydrogens is 286 g/mol. The van der Waals surface area contributed by atoms with Crippen molar-refractivity contribution >= 4 is 23.2 Å². The maximum absolute atomic E-state index is 12.2. The lowest BCUT2D eigenvalue weighted by Gasteiger charge is -2.28. The fourth-order valence-corrected chi connectivity index (χ4v) is 3.59. The summed E-state index contributed by atoms with van der Waals surface area (Å²) in [4.78, 5) is 14.5. The Bertz CT molecular complexity index is 485. The highest BCUT2D eigenvalue weighted by Crippen LogP contribution is 2.24. The number of nitrogens with zero attached hydrogens (tertiary/aromatic N) is 1. The number of amides is 1. The maximum Gasteiger partial charge on any atom is 0.238 e. The topological polar surface area (TPSA) is 44.4 Å². The van der Waals surface area contributed by atoms with Gasteiger partial charge in [0, 0.05) is 22.8 Å². The van der Waals surface area contributed by atoms with Crippen LogP contribution < -0.4 is 10.6 Å². The molecule has 1 aromatic rings. The van der Waals surface area contributed by atoms with Crippen LogP contribution in [0.5, 0.6) is 0 Å². The molecule has 0 saturated carbocycles. The molecule has 0 radical (unpaired) electrons. The molecule has 0 aliphatic carbocycles. The zero-order valence-electron chi connectivity index (χ0n) is 12.1. The summed E-state index contributed by atoms with van der Waals surface area (Å²) in [5, 5.41) is 7.20. The molecule has 5 heteroatoms. The molecule has 2 aliphatic heterocycles. The predicted molar refractivity (Wildman–Crippen MR) is 85.7 cm³/mol. The van der Waals surface area contributed by atoms with Crippen LogP contribution in [0.3, 0.4) is 0 Å². The van der Waals surface area contributed by atoms with Crippen LogP contribution in [0.1, 0.15) is 25.7 Å². The van der Waals surface area contributed by atoms with Gasteiger partial charge in [-0.05, 0) is 63.0 Å². The molecule has 2 N–H and O–H groups in total. The first kappa shape index (κ1) is 14.8. The SMILES string of the molecule is O=C(CN1CCCC1C1CCCN1)Nc1ccc(Cl)cc1. The Hall–Kier alpha value is -1.10. The minimum Gasteiger partial charge on any atom is -0.325 e. The van der Waals surface area contributed by atoms with E-state index >= 15 is 0 Å². The standard InChI is InChI=1S/C16H22ClN3O/c17-12-5-7-13(8-6-12)19-16(21)11-20-10-2-4-15(20)14-3-1-9-18-14/h5-8,14-15,18H,1-4,9-11H2,(H,19,21). The van der Waals surface area contributed by atoms with Crippen molar-refractivity contribution in [2.45, 2.75) is 37.8 Å². The van der Waals surface area contributed by atoms with Gasteiger partial charge in [-0.1, -0.05) is 11.6 Å². The number of rotatable bonds is 4. The normalized spacial score (nSPS) is 26.1. The van der Waals surface area contributed by atoms with Gasteiger partial charge in [0.05, 0.1) is 6.54 Å². The number of hydrogen-bond donors (Lipinski definition) is 2. The summed E-state index contributed by atoms with van der Waals surface area (Å²) in [5.74, 6) is 0.0576. The molecule has 0 spiro atoms. The minimum absolute atomic E-state index is 0.0576. The van der Waals surface area contributed by atoms with Crippen molar-refractivity contribution < 1.29 is 4.79 Å². The molecule has 4 nitrogen and oxygen atoms in total. The molecular formula is C16H22ClN3O. The van der Waals surface area contributed by atoms with Crippen molar-refractivity contribution in [3.63, 3.8) is 0 Å². The molecule has 114 valence electrons. The van der Waals surface area contributed by atoms with Gasteiger partial charge in [-0.3, -0.25) is 9.69 Å². The summed E-state index contributed by atoms with van der Waals surface area (Å²) < 4.78 is 0. The summed E-state index contributed by atoms with van der Waals surface area (Å²) in [6.07, 6.45) is 4.88. The van der Waals surface area contributed by atoms with Crippen LogP contribution in [0.25, 0.3) is 0 Å². The molecule has 0 aromatic heterocycles. The van der Waals surface area contributed by atoms with E-state index in [2.05, 4.69) is 15.5 Å². The van der Waals surface area contributed by atoms with Gasteiger partial charge in [0.15, 0.2) is 0 Å². The molecule has 2 atom stereocenters. The van der Waals surface area contributed by atoms with Crippen LogP contribution in [0.4, 0.5) is 5.69 Å². The van der Waals surface area contributed by atoms with E-state index in [4.69, 9.17) is 11.6 Å². The third kappa shape index (κ3) is 3.76. The number of carbonyl (C=O) groups excluding carboxylic acids is 1. The molecule has 2 unspecified atom stereocenters. The Morgan fingerprint density at radius 2 is 2.10 bits per heavy atom. The summed E-state index contributed by atoms with van der Waals surface area (Å²) in [6, 6.07) is 8.33. The highest BCUT2D eigenvalue weighted by Gasteiger charge is 2.33. The van der Waals surface area contributed by atoms with Crippen LogP contribution in [0, 0.1) is 0 Å². The summed E-state index contributed by atoms with van der Waals surface area (Å²) in [6.45, 7) is 2.62. The predicted octanol–water partition coefficient (Wildman–Crippen LogP) is 2.49. The highest BCUT2D eigenvalue weighted by atomic mass is 35.5. The van der Waals surface area contributed by atoms with E-state index in [1.807, 2.05) is 12.1 Å². The Morgan fingerprint density at radius 1 is 1.29 bits per heavy atom. The van der Waals surface area contributed by atoms with Crippen LogP contribution in [-0.4, -0.2) is 42.5 Å². The molecule has 1 aromatic carbocycles. The fraction of sp³-hybridized carbons (Fsp3) is 0.562. The molecule has 0 bridgehead atoms. The van der Waals surface area contributed by atoms with Crippen LogP contribution in [-0.2, 0) is 4.79 Å². The average Bonchev–Trinajstić information content (AvgIpc) is 3.11. The second kappa shape index (κ2) is 6.77. The largest absolute Gasteiger partial charge is 0.325 e. The summed E-state index contributed by atoms with van der Waals surface area (Å²) in [7, 11) is 0. The van der Waals surface area contributed by atoms with Gasteiger partial charge in [-0.15, -0.1) is 0 Å². The lowest BCUT2D eigenvalue weighted by atomic mass is 10.0. The van der Waals surface area contributed by atoms with Gasteiger partial charge in [0.2, 0.25) is 5.91 Å².